The van der Waals surface area contributed by atoms with Crippen LogP contribution in [-0.2, 0) is 0 Å². The summed E-state index contributed by atoms with van der Waals surface area (Å²) in [6, 6.07) is 0. The van der Waals surface area contributed by atoms with Crippen LogP contribution in [0.25, 0.3) is 0 Å². The third-order valence-electron chi connectivity index (χ3n) is 2.39. The summed E-state index contributed by atoms with van der Waals surface area (Å²) in [5, 5.41) is 0. The van der Waals surface area contributed by atoms with Gasteiger partial charge in [-0.25, -0.2) is 0 Å². The van der Waals surface area contributed by atoms with Crippen LogP contribution < -0.4 is 0 Å². The van der Waals surface area contributed by atoms with E-state index >= 15 is 0 Å². The number of hydrogen-bond donors (Lipinski definition) is 0. The molecule has 0 amide bonds. The highest BCUT2D eigenvalue weighted by atomic mass is 127. The Hall–Kier alpha value is 0.730. The molecule has 0 aliphatic heterocycles. The standard InChI is InChI=1S/C12H24I/c1-3-5-6-7-8-9-11-12(13)10-4-2/h12H,2-11H2,1H3. The van der Waals surface area contributed by atoms with Crippen LogP contribution in [0.2, 0.25) is 0 Å². The molecule has 0 saturated heterocycles. The Balaban J connectivity index is 2.97. The first-order chi connectivity index (χ1) is 6.31. The molecule has 0 N–H and O–H groups in total. The summed E-state index contributed by atoms with van der Waals surface area (Å²) in [5.41, 5.74) is 0. The lowest BCUT2D eigenvalue weighted by Gasteiger charge is -2.07. The van der Waals surface area contributed by atoms with Crippen LogP contribution in [0.3, 0.4) is 0 Å². The van der Waals surface area contributed by atoms with E-state index in [1.54, 1.807) is 0 Å². The van der Waals surface area contributed by atoms with E-state index in [1.165, 1.54) is 51.4 Å². The van der Waals surface area contributed by atoms with Crippen molar-refractivity contribution >= 4 is 22.6 Å². The summed E-state index contributed by atoms with van der Waals surface area (Å²) in [6.45, 7) is 6.16. The van der Waals surface area contributed by atoms with Gasteiger partial charge < -0.3 is 0 Å². The lowest BCUT2D eigenvalue weighted by molar-refractivity contribution is 0.578. The van der Waals surface area contributed by atoms with E-state index in [-0.39, 0.29) is 0 Å². The average molecular weight is 295 g/mol. The van der Waals surface area contributed by atoms with E-state index in [1.807, 2.05) is 0 Å². The third-order valence-corrected chi connectivity index (χ3v) is 3.63. The number of halogens is 1. The molecule has 0 aromatic heterocycles. The Morgan fingerprint density at radius 1 is 1.00 bits per heavy atom. The number of hydrogen-bond acceptors (Lipinski definition) is 0. The molecule has 1 unspecified atom stereocenters. The van der Waals surface area contributed by atoms with E-state index in [2.05, 4.69) is 36.4 Å². The Labute approximate surface area is 98.0 Å². The summed E-state index contributed by atoms with van der Waals surface area (Å²) in [6.07, 6.45) is 12.3. The molecule has 0 aliphatic carbocycles. The molecule has 0 nitrogen and oxygen atoms in total. The van der Waals surface area contributed by atoms with Gasteiger partial charge in [-0.1, -0.05) is 81.4 Å². The minimum Gasteiger partial charge on any atom is -0.0826 e. The molecule has 0 saturated carbocycles. The second-order valence-corrected chi connectivity index (χ2v) is 5.56. The maximum Gasteiger partial charge on any atom is 0.0110 e. The first-order valence-electron chi connectivity index (χ1n) is 5.74. The summed E-state index contributed by atoms with van der Waals surface area (Å²) in [4.78, 5) is 0. The highest BCUT2D eigenvalue weighted by molar-refractivity contribution is 14.1. The summed E-state index contributed by atoms with van der Waals surface area (Å²) < 4.78 is 0.876. The molecule has 0 bridgehead atoms. The van der Waals surface area contributed by atoms with E-state index < -0.39 is 0 Å². The summed E-state index contributed by atoms with van der Waals surface area (Å²) in [5.74, 6) is 0. The van der Waals surface area contributed by atoms with Crippen LogP contribution in [0.15, 0.2) is 0 Å². The van der Waals surface area contributed by atoms with Crippen LogP contribution >= 0.6 is 22.6 Å². The quantitative estimate of drug-likeness (QED) is 0.313. The van der Waals surface area contributed by atoms with Gasteiger partial charge in [0.25, 0.3) is 0 Å². The van der Waals surface area contributed by atoms with E-state index in [0.717, 1.165) is 10.3 Å². The minimum absolute atomic E-state index is 0.876. The van der Waals surface area contributed by atoms with Crippen molar-refractivity contribution in [3.63, 3.8) is 0 Å². The van der Waals surface area contributed by atoms with Crippen molar-refractivity contribution in [3.8, 4) is 0 Å². The van der Waals surface area contributed by atoms with Crippen molar-refractivity contribution in [3.05, 3.63) is 6.92 Å². The molecular weight excluding hydrogens is 271 g/mol. The molecule has 79 valence electrons. The Morgan fingerprint density at radius 2 is 1.62 bits per heavy atom. The second-order valence-electron chi connectivity index (χ2n) is 3.80. The zero-order chi connectivity index (χ0) is 9.94. The van der Waals surface area contributed by atoms with Crippen LogP contribution in [0.1, 0.15) is 64.7 Å². The lowest BCUT2D eigenvalue weighted by atomic mass is 10.1. The second kappa shape index (κ2) is 10.8. The molecule has 1 atom stereocenters. The minimum atomic E-state index is 0.876. The van der Waals surface area contributed by atoms with Crippen molar-refractivity contribution in [1.82, 2.24) is 0 Å². The topological polar surface area (TPSA) is 0 Å². The Bertz CT molecular complexity index is 91.1. The maximum absolute atomic E-state index is 3.89. The molecule has 1 heteroatoms. The fourth-order valence-corrected chi connectivity index (χ4v) is 2.39. The molecule has 0 heterocycles. The Kier molecular flexibility index (Phi) is 11.4. The molecule has 1 radical (unpaired) electrons. The average Bonchev–Trinajstić information content (AvgIpc) is 2.11. The van der Waals surface area contributed by atoms with Gasteiger partial charge in [0.1, 0.15) is 0 Å². The van der Waals surface area contributed by atoms with Gasteiger partial charge in [0.2, 0.25) is 0 Å². The molecular formula is C12H24I. The van der Waals surface area contributed by atoms with Gasteiger partial charge in [0, 0.05) is 3.92 Å². The lowest BCUT2D eigenvalue weighted by Crippen LogP contribution is -1.96. The van der Waals surface area contributed by atoms with Gasteiger partial charge in [-0.2, -0.15) is 0 Å². The van der Waals surface area contributed by atoms with Gasteiger partial charge in [-0.3, -0.25) is 0 Å². The van der Waals surface area contributed by atoms with Crippen LogP contribution in [0, 0.1) is 6.92 Å². The van der Waals surface area contributed by atoms with Gasteiger partial charge in [0.15, 0.2) is 0 Å². The Morgan fingerprint density at radius 3 is 2.23 bits per heavy atom. The molecule has 13 heavy (non-hydrogen) atoms. The summed E-state index contributed by atoms with van der Waals surface area (Å²) in [7, 11) is 0. The first kappa shape index (κ1) is 13.7. The number of unbranched alkanes of at least 4 members (excludes halogenated alkanes) is 5. The number of rotatable bonds is 9. The maximum atomic E-state index is 3.89. The third kappa shape index (κ3) is 10.7. The van der Waals surface area contributed by atoms with Gasteiger partial charge in [-0.15, -0.1) is 0 Å². The molecule has 0 rings (SSSR count). The van der Waals surface area contributed by atoms with Crippen LogP contribution in [-0.4, -0.2) is 3.92 Å². The van der Waals surface area contributed by atoms with Gasteiger partial charge in [-0.05, 0) is 12.8 Å². The molecule has 0 aromatic rings. The smallest absolute Gasteiger partial charge is 0.0110 e. The molecule has 0 aromatic carbocycles. The van der Waals surface area contributed by atoms with E-state index in [4.69, 9.17) is 0 Å². The normalized spacial score (nSPS) is 13.2. The van der Waals surface area contributed by atoms with Crippen LogP contribution in [0.5, 0.6) is 0 Å². The fraction of sp³-hybridized carbons (Fsp3) is 0.917. The van der Waals surface area contributed by atoms with Crippen molar-refractivity contribution in [2.75, 3.05) is 0 Å². The van der Waals surface area contributed by atoms with Crippen molar-refractivity contribution in [2.24, 2.45) is 0 Å². The predicted molar refractivity (Wildman–Crippen MR) is 70.4 cm³/mol. The fourth-order valence-electron chi connectivity index (χ4n) is 1.51. The predicted octanol–water partition coefficient (Wildman–Crippen LogP) is 5.15. The number of alkyl halides is 1. The van der Waals surface area contributed by atoms with E-state index in [0.29, 0.717) is 0 Å². The van der Waals surface area contributed by atoms with Crippen molar-refractivity contribution in [2.45, 2.75) is 68.6 Å². The van der Waals surface area contributed by atoms with Gasteiger partial charge in [0.05, 0.1) is 0 Å². The summed E-state index contributed by atoms with van der Waals surface area (Å²) >= 11 is 2.57. The zero-order valence-corrected chi connectivity index (χ0v) is 11.2. The van der Waals surface area contributed by atoms with Crippen molar-refractivity contribution in [1.29, 1.82) is 0 Å². The first-order valence-corrected chi connectivity index (χ1v) is 6.99. The zero-order valence-electron chi connectivity index (χ0n) is 9.03. The molecule has 0 fully saturated rings. The SMILES string of the molecule is [CH2]CCC(I)CCCCCCCC. The highest BCUT2D eigenvalue weighted by Crippen LogP contribution is 2.17. The van der Waals surface area contributed by atoms with Crippen molar-refractivity contribution < 1.29 is 0 Å². The largest absolute Gasteiger partial charge is 0.0826 e. The van der Waals surface area contributed by atoms with E-state index in [9.17, 15) is 0 Å². The molecule has 0 aliphatic rings. The highest BCUT2D eigenvalue weighted by Gasteiger charge is 2.01. The van der Waals surface area contributed by atoms with Gasteiger partial charge >= 0.3 is 0 Å². The van der Waals surface area contributed by atoms with Crippen LogP contribution in [0.4, 0.5) is 0 Å². The molecule has 0 spiro atoms. The monoisotopic (exact) mass is 295 g/mol.